The Bertz CT molecular complexity index is 964. The molecule has 0 unspecified atom stereocenters. The first-order valence-electron chi connectivity index (χ1n) is 10.4. The predicted octanol–water partition coefficient (Wildman–Crippen LogP) is 3.26. The largest absolute Gasteiger partial charge is 0.367 e. The SMILES string of the molecule is CCC(C)(C)n1nnnc1[C@H](c1ccncc1)N1CCN(c2ccccc2F)CC1. The van der Waals surface area contributed by atoms with Gasteiger partial charge in [0.1, 0.15) is 5.82 Å². The number of rotatable bonds is 6. The van der Waals surface area contributed by atoms with E-state index in [9.17, 15) is 4.39 Å². The van der Waals surface area contributed by atoms with Crippen LogP contribution in [-0.4, -0.2) is 56.3 Å². The third-order valence-electron chi connectivity index (χ3n) is 6.07. The van der Waals surface area contributed by atoms with Crippen LogP contribution in [0.2, 0.25) is 0 Å². The summed E-state index contributed by atoms with van der Waals surface area (Å²) in [5.41, 5.74) is 1.57. The third kappa shape index (κ3) is 3.92. The van der Waals surface area contributed by atoms with Gasteiger partial charge in [0.15, 0.2) is 5.82 Å². The number of hydrogen-bond donors (Lipinski definition) is 0. The van der Waals surface area contributed by atoms with Gasteiger partial charge in [-0.2, -0.15) is 0 Å². The minimum Gasteiger partial charge on any atom is -0.367 e. The number of nitrogens with zero attached hydrogens (tertiary/aromatic N) is 7. The van der Waals surface area contributed by atoms with Crippen LogP contribution < -0.4 is 4.90 Å². The number of pyridine rings is 1. The Morgan fingerprint density at radius 1 is 1.03 bits per heavy atom. The highest BCUT2D eigenvalue weighted by atomic mass is 19.1. The average molecular weight is 410 g/mol. The zero-order chi connectivity index (χ0) is 21.1. The first-order valence-corrected chi connectivity index (χ1v) is 10.4. The van der Waals surface area contributed by atoms with Gasteiger partial charge in [-0.05, 0) is 60.5 Å². The lowest BCUT2D eigenvalue weighted by Gasteiger charge is -2.40. The van der Waals surface area contributed by atoms with Crippen LogP contribution in [0.4, 0.5) is 10.1 Å². The number of halogens is 1. The van der Waals surface area contributed by atoms with E-state index in [2.05, 4.69) is 51.1 Å². The summed E-state index contributed by atoms with van der Waals surface area (Å²) in [6.45, 7) is 9.46. The summed E-state index contributed by atoms with van der Waals surface area (Å²) in [4.78, 5) is 8.66. The fourth-order valence-corrected chi connectivity index (χ4v) is 3.94. The molecular weight excluding hydrogens is 381 g/mol. The molecule has 0 saturated carbocycles. The van der Waals surface area contributed by atoms with Crippen molar-refractivity contribution in [2.24, 2.45) is 0 Å². The maximum Gasteiger partial charge on any atom is 0.173 e. The molecule has 1 fully saturated rings. The number of anilines is 1. The van der Waals surface area contributed by atoms with Crippen molar-refractivity contribution in [2.45, 2.75) is 38.8 Å². The molecule has 0 bridgehead atoms. The molecule has 8 heteroatoms. The molecule has 7 nitrogen and oxygen atoms in total. The monoisotopic (exact) mass is 409 g/mol. The molecule has 0 amide bonds. The summed E-state index contributed by atoms with van der Waals surface area (Å²) in [5, 5.41) is 12.8. The maximum atomic E-state index is 14.2. The van der Waals surface area contributed by atoms with Gasteiger partial charge in [-0.3, -0.25) is 9.88 Å². The molecule has 1 aromatic carbocycles. The minimum atomic E-state index is -0.195. The molecule has 0 spiro atoms. The van der Waals surface area contributed by atoms with E-state index in [0.717, 1.165) is 44.0 Å². The Hall–Kier alpha value is -2.87. The van der Waals surface area contributed by atoms with Crippen molar-refractivity contribution < 1.29 is 4.39 Å². The number of para-hydroxylation sites is 1. The van der Waals surface area contributed by atoms with E-state index in [4.69, 9.17) is 0 Å². The highest BCUT2D eigenvalue weighted by molar-refractivity contribution is 5.48. The lowest BCUT2D eigenvalue weighted by atomic mass is 9.99. The Labute approximate surface area is 176 Å². The molecule has 3 heterocycles. The molecule has 30 heavy (non-hydrogen) atoms. The van der Waals surface area contributed by atoms with E-state index in [-0.39, 0.29) is 17.4 Å². The van der Waals surface area contributed by atoms with Gasteiger partial charge in [-0.25, -0.2) is 9.07 Å². The average Bonchev–Trinajstić information content (AvgIpc) is 3.26. The topological polar surface area (TPSA) is 63.0 Å². The van der Waals surface area contributed by atoms with Crippen LogP contribution in [-0.2, 0) is 5.54 Å². The number of aromatic nitrogens is 5. The normalized spacial score (nSPS) is 16.6. The van der Waals surface area contributed by atoms with E-state index in [0.29, 0.717) is 5.69 Å². The van der Waals surface area contributed by atoms with E-state index in [1.807, 2.05) is 28.9 Å². The predicted molar refractivity (Wildman–Crippen MR) is 114 cm³/mol. The molecule has 0 N–H and O–H groups in total. The molecular formula is C22H28FN7. The fraction of sp³-hybridized carbons (Fsp3) is 0.455. The highest BCUT2D eigenvalue weighted by Gasteiger charge is 2.34. The molecule has 1 aliphatic heterocycles. The first kappa shape index (κ1) is 20.4. The lowest BCUT2D eigenvalue weighted by molar-refractivity contribution is 0.187. The van der Waals surface area contributed by atoms with Gasteiger partial charge < -0.3 is 4.90 Å². The van der Waals surface area contributed by atoms with Crippen molar-refractivity contribution in [3.8, 4) is 0 Å². The molecule has 0 radical (unpaired) electrons. The highest BCUT2D eigenvalue weighted by Crippen LogP contribution is 2.32. The van der Waals surface area contributed by atoms with Crippen LogP contribution in [0.3, 0.4) is 0 Å². The third-order valence-corrected chi connectivity index (χ3v) is 6.07. The van der Waals surface area contributed by atoms with Crippen molar-refractivity contribution >= 4 is 5.69 Å². The molecule has 158 valence electrons. The maximum absolute atomic E-state index is 14.2. The summed E-state index contributed by atoms with van der Waals surface area (Å²) < 4.78 is 16.2. The standard InChI is InChI=1S/C22H28FN7/c1-4-22(2,3)30-21(25-26-27-30)20(17-9-11-24-12-10-17)29-15-13-28(14-16-29)19-8-6-5-7-18(19)23/h5-12,20H,4,13-16H2,1-3H3/t20-/m0/s1. The van der Waals surface area contributed by atoms with Crippen molar-refractivity contribution in [3.63, 3.8) is 0 Å². The fourth-order valence-electron chi connectivity index (χ4n) is 3.94. The summed E-state index contributed by atoms with van der Waals surface area (Å²) in [6, 6.07) is 10.9. The molecule has 1 saturated heterocycles. The second-order valence-corrected chi connectivity index (χ2v) is 8.27. The zero-order valence-corrected chi connectivity index (χ0v) is 17.7. The van der Waals surface area contributed by atoms with Gasteiger partial charge >= 0.3 is 0 Å². The number of piperazine rings is 1. The van der Waals surface area contributed by atoms with Crippen LogP contribution >= 0.6 is 0 Å². The summed E-state index contributed by atoms with van der Waals surface area (Å²) in [7, 11) is 0. The molecule has 4 rings (SSSR count). The van der Waals surface area contributed by atoms with Crippen LogP contribution in [0.5, 0.6) is 0 Å². The Morgan fingerprint density at radius 3 is 2.40 bits per heavy atom. The summed E-state index contributed by atoms with van der Waals surface area (Å²) >= 11 is 0. The first-order chi connectivity index (χ1) is 14.5. The van der Waals surface area contributed by atoms with Gasteiger partial charge in [0.25, 0.3) is 0 Å². The molecule has 1 aliphatic rings. The van der Waals surface area contributed by atoms with Gasteiger partial charge in [0.2, 0.25) is 0 Å². The second-order valence-electron chi connectivity index (χ2n) is 8.27. The Kier molecular flexibility index (Phi) is 5.76. The lowest BCUT2D eigenvalue weighted by Crippen LogP contribution is -2.49. The smallest absolute Gasteiger partial charge is 0.173 e. The number of tetrazole rings is 1. The number of benzene rings is 1. The van der Waals surface area contributed by atoms with Crippen molar-refractivity contribution in [1.82, 2.24) is 30.1 Å². The molecule has 1 atom stereocenters. The Morgan fingerprint density at radius 2 is 1.73 bits per heavy atom. The van der Waals surface area contributed by atoms with Crippen LogP contribution in [0.15, 0.2) is 48.8 Å². The van der Waals surface area contributed by atoms with E-state index >= 15 is 0 Å². The van der Waals surface area contributed by atoms with E-state index < -0.39 is 0 Å². The summed E-state index contributed by atoms with van der Waals surface area (Å²) in [6.07, 6.45) is 4.52. The zero-order valence-electron chi connectivity index (χ0n) is 17.7. The van der Waals surface area contributed by atoms with E-state index in [1.54, 1.807) is 18.5 Å². The van der Waals surface area contributed by atoms with Gasteiger partial charge in [-0.15, -0.1) is 5.10 Å². The summed E-state index contributed by atoms with van der Waals surface area (Å²) in [5.74, 6) is 0.651. The van der Waals surface area contributed by atoms with Crippen molar-refractivity contribution in [1.29, 1.82) is 0 Å². The second kappa shape index (κ2) is 8.47. The van der Waals surface area contributed by atoms with E-state index in [1.165, 1.54) is 6.07 Å². The van der Waals surface area contributed by atoms with Crippen molar-refractivity contribution in [3.05, 3.63) is 66.0 Å². The minimum absolute atomic E-state index is 0.0865. The van der Waals surface area contributed by atoms with Gasteiger partial charge in [0.05, 0.1) is 17.3 Å². The van der Waals surface area contributed by atoms with Crippen molar-refractivity contribution in [2.75, 3.05) is 31.1 Å². The molecule has 3 aromatic rings. The van der Waals surface area contributed by atoms with Crippen LogP contribution in [0, 0.1) is 5.82 Å². The Balaban J connectivity index is 1.63. The van der Waals surface area contributed by atoms with Gasteiger partial charge in [0, 0.05) is 38.6 Å². The van der Waals surface area contributed by atoms with Gasteiger partial charge in [-0.1, -0.05) is 19.1 Å². The quantitative estimate of drug-likeness (QED) is 0.623. The number of hydrogen-bond acceptors (Lipinski definition) is 6. The molecule has 2 aromatic heterocycles. The van der Waals surface area contributed by atoms with Crippen LogP contribution in [0.1, 0.15) is 44.6 Å². The molecule has 0 aliphatic carbocycles. The van der Waals surface area contributed by atoms with Crippen LogP contribution in [0.25, 0.3) is 0 Å².